The lowest BCUT2D eigenvalue weighted by atomic mass is 9.85. The number of rotatable bonds is 7. The highest BCUT2D eigenvalue weighted by Gasteiger charge is 2.45. The van der Waals surface area contributed by atoms with Gasteiger partial charge >= 0.3 is 0 Å². The number of nitrogens with zero attached hydrogens (tertiary/aromatic N) is 4. The van der Waals surface area contributed by atoms with Crippen molar-refractivity contribution in [3.05, 3.63) is 35.7 Å². The zero-order valence-corrected chi connectivity index (χ0v) is 23.2. The summed E-state index contributed by atoms with van der Waals surface area (Å²) < 4.78 is 7.47. The normalized spacial score (nSPS) is 24.4. The Balaban J connectivity index is 1.32. The first-order valence-electron chi connectivity index (χ1n) is 13.8. The molecule has 1 saturated carbocycles. The molecule has 3 N–H and O–H groups in total. The van der Waals surface area contributed by atoms with Crippen LogP contribution in [0, 0.1) is 5.41 Å². The van der Waals surface area contributed by atoms with E-state index in [1.54, 1.807) is 10.7 Å². The predicted molar refractivity (Wildman–Crippen MR) is 143 cm³/mol. The molecule has 0 radical (unpaired) electrons. The van der Waals surface area contributed by atoms with E-state index in [9.17, 15) is 19.5 Å². The highest BCUT2D eigenvalue weighted by molar-refractivity contribution is 5.97. The topological polar surface area (TPSA) is 139 Å². The van der Waals surface area contributed by atoms with Gasteiger partial charge in [0.1, 0.15) is 17.8 Å². The molecule has 210 valence electrons. The second kappa shape index (κ2) is 10.3. The molecule has 3 heterocycles. The first-order valence-corrected chi connectivity index (χ1v) is 13.8. The summed E-state index contributed by atoms with van der Waals surface area (Å²) in [6, 6.07) is 3.51. The highest BCUT2D eigenvalue weighted by Crippen LogP contribution is 2.40. The lowest BCUT2D eigenvalue weighted by Gasteiger charge is -2.35. The molecule has 2 fully saturated rings. The molecule has 3 amide bonds. The molecule has 1 saturated heterocycles. The van der Waals surface area contributed by atoms with Crippen LogP contribution < -0.4 is 15.4 Å². The van der Waals surface area contributed by atoms with Crippen molar-refractivity contribution in [2.24, 2.45) is 5.41 Å². The summed E-state index contributed by atoms with van der Waals surface area (Å²) in [5.74, 6) is 0.186. The minimum absolute atomic E-state index is 0.0762. The van der Waals surface area contributed by atoms with E-state index in [-0.39, 0.29) is 30.7 Å². The van der Waals surface area contributed by atoms with E-state index in [1.165, 1.54) is 4.90 Å². The van der Waals surface area contributed by atoms with Crippen molar-refractivity contribution in [1.82, 2.24) is 25.2 Å². The van der Waals surface area contributed by atoms with E-state index in [0.29, 0.717) is 23.8 Å². The first-order chi connectivity index (χ1) is 18.5. The fraction of sp³-hybridized carbons (Fsp3) is 0.607. The average Bonchev–Trinajstić information content (AvgIpc) is 3.48. The van der Waals surface area contributed by atoms with Gasteiger partial charge in [0.2, 0.25) is 11.8 Å². The third-order valence-electron chi connectivity index (χ3n) is 7.76. The van der Waals surface area contributed by atoms with Gasteiger partial charge in [0.05, 0.1) is 23.5 Å². The van der Waals surface area contributed by atoms with Crippen molar-refractivity contribution < 1.29 is 24.2 Å². The number of β-amino-alcohol motifs (C(OH)–C–C–N with tert-alkyl or cyclic N) is 1. The first kappa shape index (κ1) is 27.1. The number of hydrogen-bond acceptors (Lipinski definition) is 7. The van der Waals surface area contributed by atoms with E-state index in [0.717, 1.165) is 24.1 Å². The molecule has 5 rings (SSSR count). The quantitative estimate of drug-likeness (QED) is 0.493. The van der Waals surface area contributed by atoms with E-state index in [4.69, 9.17) is 4.74 Å². The molecule has 5 atom stereocenters. The van der Waals surface area contributed by atoms with Crippen LogP contribution >= 0.6 is 0 Å². The Bertz CT molecular complexity index is 1270. The number of likely N-dealkylation sites (tertiary alicyclic amines) is 1. The van der Waals surface area contributed by atoms with Crippen LogP contribution in [0.5, 0.6) is 5.75 Å². The zero-order valence-electron chi connectivity index (χ0n) is 23.2. The van der Waals surface area contributed by atoms with Crippen LogP contribution in [0.2, 0.25) is 0 Å². The minimum Gasteiger partial charge on any atom is -0.478 e. The Morgan fingerprint density at radius 1 is 1.28 bits per heavy atom. The van der Waals surface area contributed by atoms with Crippen molar-refractivity contribution >= 4 is 23.4 Å². The van der Waals surface area contributed by atoms with Gasteiger partial charge in [0.25, 0.3) is 5.91 Å². The fourth-order valence-electron chi connectivity index (χ4n) is 5.42. The summed E-state index contributed by atoms with van der Waals surface area (Å²) >= 11 is 0. The maximum Gasteiger partial charge on any atom is 0.265 e. The van der Waals surface area contributed by atoms with Crippen molar-refractivity contribution in [2.45, 2.75) is 96.6 Å². The van der Waals surface area contributed by atoms with E-state index in [2.05, 4.69) is 20.9 Å². The molecule has 1 aromatic carbocycles. The molecule has 1 aromatic heterocycles. The molecule has 11 heteroatoms. The van der Waals surface area contributed by atoms with Crippen LogP contribution in [0.25, 0.3) is 0 Å². The summed E-state index contributed by atoms with van der Waals surface area (Å²) in [5, 5.41) is 24.9. The molecule has 1 aliphatic carbocycles. The number of anilines is 1. The number of aromatic nitrogens is 3. The van der Waals surface area contributed by atoms with Gasteiger partial charge in [-0.25, -0.2) is 4.68 Å². The number of ether oxygens (including phenoxy) is 1. The molecule has 3 aliphatic rings. The Morgan fingerprint density at radius 2 is 2.03 bits per heavy atom. The molecule has 0 spiro atoms. The zero-order chi connectivity index (χ0) is 28.1. The highest BCUT2D eigenvalue weighted by atomic mass is 16.5. The maximum absolute atomic E-state index is 13.9. The van der Waals surface area contributed by atoms with Crippen molar-refractivity contribution in [3.8, 4) is 5.75 Å². The van der Waals surface area contributed by atoms with Gasteiger partial charge in [0, 0.05) is 25.1 Å². The van der Waals surface area contributed by atoms with Crippen LogP contribution in [0.3, 0.4) is 0 Å². The number of amides is 3. The van der Waals surface area contributed by atoms with Crippen LogP contribution in [0.15, 0.2) is 24.4 Å². The summed E-state index contributed by atoms with van der Waals surface area (Å²) in [5.41, 5.74) is 1.78. The lowest BCUT2D eigenvalue weighted by Crippen LogP contribution is -2.50. The number of nitrogens with one attached hydrogen (secondary N) is 2. The van der Waals surface area contributed by atoms with Crippen molar-refractivity contribution in [2.75, 3.05) is 11.9 Å². The smallest absolute Gasteiger partial charge is 0.265 e. The largest absolute Gasteiger partial charge is 0.478 e. The van der Waals surface area contributed by atoms with Crippen molar-refractivity contribution in [3.63, 3.8) is 0 Å². The molecule has 0 bridgehead atoms. The fourth-order valence-corrected chi connectivity index (χ4v) is 5.42. The number of benzene rings is 1. The molecule has 2 aromatic rings. The van der Waals surface area contributed by atoms with Crippen LogP contribution in [-0.2, 0) is 14.4 Å². The minimum atomic E-state index is -0.816. The number of carbonyl (C=O) groups excluding carboxylic acids is 3. The Hall–Kier alpha value is -3.47. The van der Waals surface area contributed by atoms with Gasteiger partial charge in [-0.15, -0.1) is 5.10 Å². The van der Waals surface area contributed by atoms with Gasteiger partial charge in [-0.05, 0) is 49.3 Å². The summed E-state index contributed by atoms with van der Waals surface area (Å²) in [6.45, 7) is 9.68. The SMILES string of the molecule is CCC1Oc2cc(C(C)NC(=O)[C@@H]3C[C@@H](O)CN3C(=O)[C@@H](n3cc(C4CC4)nn3)C(C)(C)C)ccc2NC1=O. The van der Waals surface area contributed by atoms with Gasteiger partial charge in [-0.1, -0.05) is 39.0 Å². The maximum atomic E-state index is 13.9. The monoisotopic (exact) mass is 538 g/mol. The Morgan fingerprint density at radius 3 is 2.69 bits per heavy atom. The van der Waals surface area contributed by atoms with Gasteiger partial charge < -0.3 is 25.4 Å². The van der Waals surface area contributed by atoms with E-state index < -0.39 is 35.7 Å². The van der Waals surface area contributed by atoms with E-state index in [1.807, 2.05) is 52.9 Å². The van der Waals surface area contributed by atoms with Gasteiger partial charge in [-0.2, -0.15) is 0 Å². The number of aliphatic hydroxyl groups is 1. The molecular formula is C28H38N6O5. The lowest BCUT2D eigenvalue weighted by molar-refractivity contribution is -0.144. The molecule has 2 unspecified atom stereocenters. The average molecular weight is 539 g/mol. The van der Waals surface area contributed by atoms with Crippen LogP contribution in [-0.4, -0.2) is 67.5 Å². The third-order valence-corrected chi connectivity index (χ3v) is 7.76. The third kappa shape index (κ3) is 5.50. The number of fused-ring (bicyclic) bond motifs is 1. The second-order valence-electron chi connectivity index (χ2n) is 12.1. The van der Waals surface area contributed by atoms with Crippen LogP contribution in [0.4, 0.5) is 5.69 Å². The molecule has 39 heavy (non-hydrogen) atoms. The van der Waals surface area contributed by atoms with Crippen molar-refractivity contribution in [1.29, 1.82) is 0 Å². The standard InChI is InChI=1S/C28H38N6O5/c1-6-22-26(37)30-19-10-9-17(11-23(19)39-22)15(2)29-25(36)21-12-18(35)13-33(21)27(38)24(28(3,4)5)34-14-20(31-32-34)16-7-8-16/h9-11,14-16,18,21-22,24,35H,6-8,12-13H2,1-5H3,(H,29,36)(H,30,37)/t15?,18-,21+,22?,24-/m1/s1. The Kier molecular flexibility index (Phi) is 7.13. The second-order valence-corrected chi connectivity index (χ2v) is 12.1. The van der Waals surface area contributed by atoms with E-state index >= 15 is 0 Å². The van der Waals surface area contributed by atoms with Crippen LogP contribution in [0.1, 0.15) is 89.6 Å². The van der Waals surface area contributed by atoms with Gasteiger partial charge in [0.15, 0.2) is 6.10 Å². The predicted octanol–water partition coefficient (Wildman–Crippen LogP) is 2.69. The molecule has 2 aliphatic heterocycles. The van der Waals surface area contributed by atoms with Gasteiger partial charge in [-0.3, -0.25) is 14.4 Å². The molecular weight excluding hydrogens is 500 g/mol. The number of hydrogen-bond donors (Lipinski definition) is 3. The molecule has 11 nitrogen and oxygen atoms in total. The Labute approximate surface area is 228 Å². The summed E-state index contributed by atoms with van der Waals surface area (Å²) in [6.07, 6.45) is 3.35. The number of aliphatic hydroxyl groups excluding tert-OH is 1. The number of carbonyl (C=O) groups is 3. The summed E-state index contributed by atoms with van der Waals surface area (Å²) in [4.78, 5) is 41.0. The summed E-state index contributed by atoms with van der Waals surface area (Å²) in [7, 11) is 0.